The molecule has 0 saturated carbocycles. The van der Waals surface area contributed by atoms with E-state index in [-0.39, 0.29) is 5.91 Å². The van der Waals surface area contributed by atoms with Gasteiger partial charge < -0.3 is 10.3 Å². The minimum Gasteiger partial charge on any atom is -0.352 e. The fraction of sp³-hybridized carbons (Fsp3) is 0.176. The second kappa shape index (κ2) is 6.20. The number of aromatic nitrogens is 2. The molecule has 0 radical (unpaired) electrons. The third kappa shape index (κ3) is 3.28. The molecule has 0 spiro atoms. The van der Waals surface area contributed by atoms with Crippen LogP contribution in [-0.2, 0) is 6.42 Å². The van der Waals surface area contributed by atoms with Crippen LogP contribution in [0.15, 0.2) is 42.5 Å². The number of halogens is 1. The number of hydrogen-bond donors (Lipinski definition) is 2. The van der Waals surface area contributed by atoms with Gasteiger partial charge in [-0.2, -0.15) is 0 Å². The SMILES string of the molecule is Cc1nc2ccc(CCNC(=O)c3ccc(Cl)cc3)cc2[nH]1. The maximum Gasteiger partial charge on any atom is 0.251 e. The molecule has 0 aliphatic rings. The number of hydrogen-bond acceptors (Lipinski definition) is 2. The first-order valence-electron chi connectivity index (χ1n) is 7.11. The van der Waals surface area contributed by atoms with Gasteiger partial charge >= 0.3 is 0 Å². The zero-order chi connectivity index (χ0) is 15.5. The molecule has 22 heavy (non-hydrogen) atoms. The molecule has 1 aromatic heterocycles. The number of nitrogens with one attached hydrogen (secondary N) is 2. The number of carbonyl (C=O) groups is 1. The molecule has 112 valence electrons. The van der Waals surface area contributed by atoms with Gasteiger partial charge in [0.2, 0.25) is 0 Å². The van der Waals surface area contributed by atoms with E-state index in [1.54, 1.807) is 24.3 Å². The van der Waals surface area contributed by atoms with E-state index in [2.05, 4.69) is 21.4 Å². The van der Waals surface area contributed by atoms with Crippen molar-refractivity contribution in [3.63, 3.8) is 0 Å². The molecule has 0 aliphatic heterocycles. The van der Waals surface area contributed by atoms with E-state index in [0.29, 0.717) is 17.1 Å². The molecule has 3 rings (SSSR count). The van der Waals surface area contributed by atoms with Gasteiger partial charge in [0.25, 0.3) is 5.91 Å². The van der Waals surface area contributed by atoms with Crippen molar-refractivity contribution in [3.8, 4) is 0 Å². The Morgan fingerprint density at radius 2 is 2.00 bits per heavy atom. The first-order chi connectivity index (χ1) is 10.6. The molecule has 0 unspecified atom stereocenters. The summed E-state index contributed by atoms with van der Waals surface area (Å²) in [5.74, 6) is 0.818. The Kier molecular flexibility index (Phi) is 4.11. The predicted octanol–water partition coefficient (Wildman–Crippen LogP) is 3.50. The largest absolute Gasteiger partial charge is 0.352 e. The summed E-state index contributed by atoms with van der Waals surface area (Å²) in [6.07, 6.45) is 0.771. The van der Waals surface area contributed by atoms with Gasteiger partial charge in [0.15, 0.2) is 0 Å². The average molecular weight is 314 g/mol. The maximum absolute atomic E-state index is 12.0. The Hall–Kier alpha value is -2.33. The summed E-state index contributed by atoms with van der Waals surface area (Å²) in [5.41, 5.74) is 3.77. The van der Waals surface area contributed by atoms with Crippen LogP contribution >= 0.6 is 11.6 Å². The number of rotatable bonds is 4. The summed E-state index contributed by atoms with van der Waals surface area (Å²) < 4.78 is 0. The molecule has 1 heterocycles. The maximum atomic E-state index is 12.0. The van der Waals surface area contributed by atoms with Gasteiger partial charge in [-0.1, -0.05) is 17.7 Å². The van der Waals surface area contributed by atoms with Crippen molar-refractivity contribution in [2.45, 2.75) is 13.3 Å². The predicted molar refractivity (Wildman–Crippen MR) is 88.3 cm³/mol. The van der Waals surface area contributed by atoms with E-state index >= 15 is 0 Å². The number of nitrogens with zero attached hydrogens (tertiary/aromatic N) is 1. The summed E-state index contributed by atoms with van der Waals surface area (Å²) in [7, 11) is 0. The third-order valence-electron chi connectivity index (χ3n) is 3.47. The van der Waals surface area contributed by atoms with Gasteiger partial charge in [0, 0.05) is 17.1 Å². The lowest BCUT2D eigenvalue weighted by atomic mass is 10.1. The van der Waals surface area contributed by atoms with Crippen molar-refractivity contribution in [1.82, 2.24) is 15.3 Å². The highest BCUT2D eigenvalue weighted by molar-refractivity contribution is 6.30. The summed E-state index contributed by atoms with van der Waals surface area (Å²) in [6.45, 7) is 2.52. The summed E-state index contributed by atoms with van der Waals surface area (Å²) >= 11 is 5.81. The molecule has 5 heteroatoms. The second-order valence-electron chi connectivity index (χ2n) is 5.19. The number of H-pyrrole nitrogens is 1. The molecule has 2 N–H and O–H groups in total. The Bertz CT molecular complexity index is 808. The molecular weight excluding hydrogens is 298 g/mol. The van der Waals surface area contributed by atoms with E-state index in [9.17, 15) is 4.79 Å². The number of aromatic amines is 1. The third-order valence-corrected chi connectivity index (χ3v) is 3.72. The molecule has 4 nitrogen and oxygen atoms in total. The Morgan fingerprint density at radius 1 is 1.23 bits per heavy atom. The molecular formula is C17H16ClN3O. The van der Waals surface area contributed by atoms with Crippen LogP contribution in [0.1, 0.15) is 21.7 Å². The Labute approximate surface area is 133 Å². The highest BCUT2D eigenvalue weighted by atomic mass is 35.5. The van der Waals surface area contributed by atoms with E-state index in [1.165, 1.54) is 0 Å². The van der Waals surface area contributed by atoms with Gasteiger partial charge in [-0.05, 0) is 55.3 Å². The van der Waals surface area contributed by atoms with Crippen molar-refractivity contribution in [3.05, 3.63) is 64.4 Å². The van der Waals surface area contributed by atoms with Gasteiger partial charge in [-0.15, -0.1) is 0 Å². The van der Waals surface area contributed by atoms with Crippen LogP contribution in [0.25, 0.3) is 11.0 Å². The van der Waals surface area contributed by atoms with Gasteiger partial charge in [-0.3, -0.25) is 4.79 Å². The van der Waals surface area contributed by atoms with Crippen molar-refractivity contribution >= 4 is 28.5 Å². The zero-order valence-electron chi connectivity index (χ0n) is 12.2. The average Bonchev–Trinajstić information content (AvgIpc) is 2.87. The van der Waals surface area contributed by atoms with Crippen molar-refractivity contribution in [2.75, 3.05) is 6.54 Å². The van der Waals surface area contributed by atoms with Crippen LogP contribution in [-0.4, -0.2) is 22.4 Å². The van der Waals surface area contributed by atoms with Crippen LogP contribution in [0.4, 0.5) is 0 Å². The van der Waals surface area contributed by atoms with Crippen LogP contribution in [0.2, 0.25) is 5.02 Å². The minimum atomic E-state index is -0.0878. The lowest BCUT2D eigenvalue weighted by Crippen LogP contribution is -2.25. The summed E-state index contributed by atoms with van der Waals surface area (Å²) in [5, 5.41) is 3.54. The zero-order valence-corrected chi connectivity index (χ0v) is 12.9. The summed E-state index contributed by atoms with van der Waals surface area (Å²) in [4.78, 5) is 19.6. The van der Waals surface area contributed by atoms with E-state index in [0.717, 1.165) is 28.8 Å². The molecule has 0 fully saturated rings. The molecule has 0 aliphatic carbocycles. The van der Waals surface area contributed by atoms with Crippen LogP contribution in [0.5, 0.6) is 0 Å². The van der Waals surface area contributed by atoms with Gasteiger partial charge in [-0.25, -0.2) is 4.98 Å². The first kappa shape index (κ1) is 14.6. The normalized spacial score (nSPS) is 10.8. The quantitative estimate of drug-likeness (QED) is 0.774. The Morgan fingerprint density at radius 3 is 2.77 bits per heavy atom. The van der Waals surface area contributed by atoms with E-state index < -0.39 is 0 Å². The van der Waals surface area contributed by atoms with Crippen LogP contribution < -0.4 is 5.32 Å². The molecule has 3 aromatic rings. The lowest BCUT2D eigenvalue weighted by Gasteiger charge is -2.05. The number of amides is 1. The minimum absolute atomic E-state index is 0.0878. The first-order valence-corrected chi connectivity index (χ1v) is 7.48. The van der Waals surface area contributed by atoms with Crippen molar-refractivity contribution < 1.29 is 4.79 Å². The lowest BCUT2D eigenvalue weighted by molar-refractivity contribution is 0.0954. The number of carbonyl (C=O) groups excluding carboxylic acids is 1. The van der Waals surface area contributed by atoms with Crippen molar-refractivity contribution in [1.29, 1.82) is 0 Å². The summed E-state index contributed by atoms with van der Waals surface area (Å²) in [6, 6.07) is 13.0. The van der Waals surface area contributed by atoms with Crippen LogP contribution in [0.3, 0.4) is 0 Å². The smallest absolute Gasteiger partial charge is 0.251 e. The molecule has 2 aromatic carbocycles. The highest BCUT2D eigenvalue weighted by Crippen LogP contribution is 2.14. The molecule has 1 amide bonds. The number of fused-ring (bicyclic) bond motifs is 1. The number of benzene rings is 2. The molecule has 0 bridgehead atoms. The van der Waals surface area contributed by atoms with Gasteiger partial charge in [0.1, 0.15) is 5.82 Å². The van der Waals surface area contributed by atoms with Gasteiger partial charge in [0.05, 0.1) is 11.0 Å². The molecule has 0 saturated heterocycles. The van der Waals surface area contributed by atoms with Crippen molar-refractivity contribution in [2.24, 2.45) is 0 Å². The number of imidazole rings is 1. The fourth-order valence-corrected chi connectivity index (χ4v) is 2.49. The Balaban J connectivity index is 1.59. The second-order valence-corrected chi connectivity index (χ2v) is 5.62. The van der Waals surface area contributed by atoms with Crippen LogP contribution in [0, 0.1) is 6.92 Å². The van der Waals surface area contributed by atoms with E-state index in [4.69, 9.17) is 11.6 Å². The number of aryl methyl sites for hydroxylation is 1. The fourth-order valence-electron chi connectivity index (χ4n) is 2.36. The standard InChI is InChI=1S/C17H16ClN3O/c1-11-20-15-7-2-12(10-16(15)21-11)8-9-19-17(22)13-3-5-14(18)6-4-13/h2-7,10H,8-9H2,1H3,(H,19,22)(H,20,21). The van der Waals surface area contributed by atoms with E-state index in [1.807, 2.05) is 19.1 Å². The molecule has 0 atom stereocenters. The highest BCUT2D eigenvalue weighted by Gasteiger charge is 2.05. The topological polar surface area (TPSA) is 57.8 Å². The monoisotopic (exact) mass is 313 g/mol.